The van der Waals surface area contributed by atoms with E-state index in [0.717, 1.165) is 16.7 Å². The monoisotopic (exact) mass is 407 g/mol. The summed E-state index contributed by atoms with van der Waals surface area (Å²) in [6.45, 7) is 0.520. The number of nitrogens with one attached hydrogen (secondary N) is 1. The molecular weight excluding hydrogens is 386 g/mol. The van der Waals surface area contributed by atoms with Crippen LogP contribution in [0.5, 0.6) is 0 Å². The maximum atomic E-state index is 12.9. The number of para-hydroxylation sites is 1. The minimum absolute atomic E-state index is 0.0343. The highest BCUT2D eigenvalue weighted by atomic mass is 32.2. The summed E-state index contributed by atoms with van der Waals surface area (Å²) in [6.07, 6.45) is 2.11. The Labute approximate surface area is 169 Å². The van der Waals surface area contributed by atoms with Crippen LogP contribution in [0.2, 0.25) is 0 Å². The molecule has 0 unspecified atom stereocenters. The summed E-state index contributed by atoms with van der Waals surface area (Å²) in [5.41, 5.74) is 8.24. The number of furan rings is 1. The summed E-state index contributed by atoms with van der Waals surface area (Å²) in [6, 6.07) is 20.1. The topological polar surface area (TPSA) is 98.2 Å². The summed E-state index contributed by atoms with van der Waals surface area (Å²) < 4.78 is 31.7. The fourth-order valence-corrected chi connectivity index (χ4v) is 4.68. The number of nitrogen functional groups attached to an aromatic ring is 1. The highest BCUT2D eigenvalue weighted by Crippen LogP contribution is 2.24. The van der Waals surface area contributed by atoms with E-state index >= 15 is 0 Å². The first-order valence-electron chi connectivity index (χ1n) is 9.25. The van der Waals surface area contributed by atoms with Crippen LogP contribution in [0.1, 0.15) is 11.3 Å². The van der Waals surface area contributed by atoms with Crippen LogP contribution in [0.25, 0.3) is 11.0 Å². The van der Waals surface area contributed by atoms with Crippen LogP contribution < -0.4 is 11.1 Å². The summed E-state index contributed by atoms with van der Waals surface area (Å²) in [4.78, 5) is 4.12. The van der Waals surface area contributed by atoms with Gasteiger partial charge in [0.15, 0.2) is 5.03 Å². The molecule has 0 atom stereocenters. The van der Waals surface area contributed by atoms with Gasteiger partial charge in [0.1, 0.15) is 11.3 Å². The molecule has 0 aliphatic rings. The molecule has 4 aromatic rings. The number of benzene rings is 2. The van der Waals surface area contributed by atoms with Crippen LogP contribution in [0.4, 0.5) is 11.4 Å². The third-order valence-electron chi connectivity index (χ3n) is 4.54. The Balaban J connectivity index is 1.48. The number of hydrogen-bond acceptors (Lipinski definition) is 6. The van der Waals surface area contributed by atoms with Crippen molar-refractivity contribution < 1.29 is 12.8 Å². The molecule has 0 amide bonds. The maximum Gasteiger partial charge on any atom is 0.201 e. The smallest absolute Gasteiger partial charge is 0.201 e. The van der Waals surface area contributed by atoms with Gasteiger partial charge in [-0.15, -0.1) is 0 Å². The molecule has 3 N–H and O–H groups in total. The average Bonchev–Trinajstić information content (AvgIpc) is 3.11. The summed E-state index contributed by atoms with van der Waals surface area (Å²) >= 11 is 0. The zero-order chi connectivity index (χ0) is 20.3. The number of aromatic nitrogens is 1. The first-order valence-corrected chi connectivity index (χ1v) is 10.9. The van der Waals surface area contributed by atoms with Gasteiger partial charge in [-0.2, -0.15) is 0 Å². The lowest BCUT2D eigenvalue weighted by Gasteiger charge is -2.11. The number of hydrogen-bond donors (Lipinski definition) is 2. The first kappa shape index (κ1) is 19.0. The van der Waals surface area contributed by atoms with E-state index in [1.165, 1.54) is 6.20 Å². The summed E-state index contributed by atoms with van der Waals surface area (Å²) in [5.74, 6) is 0.680. The van der Waals surface area contributed by atoms with E-state index in [0.29, 0.717) is 29.9 Å². The molecule has 0 bridgehead atoms. The Morgan fingerprint density at radius 2 is 1.86 bits per heavy atom. The van der Waals surface area contributed by atoms with E-state index in [2.05, 4.69) is 10.3 Å². The Morgan fingerprint density at radius 3 is 2.69 bits per heavy atom. The lowest BCUT2D eigenvalue weighted by Crippen LogP contribution is -2.13. The molecule has 0 aliphatic carbocycles. The van der Waals surface area contributed by atoms with Gasteiger partial charge in [0, 0.05) is 30.2 Å². The van der Waals surface area contributed by atoms with E-state index in [1.54, 1.807) is 36.4 Å². The van der Waals surface area contributed by atoms with Crippen molar-refractivity contribution in [3.63, 3.8) is 0 Å². The van der Waals surface area contributed by atoms with Crippen molar-refractivity contribution in [2.24, 2.45) is 0 Å². The van der Waals surface area contributed by atoms with Gasteiger partial charge >= 0.3 is 0 Å². The van der Waals surface area contributed by atoms with Gasteiger partial charge in [-0.25, -0.2) is 13.4 Å². The Kier molecular flexibility index (Phi) is 5.22. The molecule has 0 fully saturated rings. The minimum Gasteiger partial charge on any atom is -0.461 e. The maximum absolute atomic E-state index is 12.9. The average molecular weight is 407 g/mol. The second kappa shape index (κ2) is 7.97. The summed E-state index contributed by atoms with van der Waals surface area (Å²) in [5, 5.41) is 4.27. The summed E-state index contributed by atoms with van der Waals surface area (Å²) in [7, 11) is -3.63. The Hall–Kier alpha value is -3.32. The number of fused-ring (bicyclic) bond motifs is 1. The third kappa shape index (κ3) is 4.41. The molecule has 0 spiro atoms. The van der Waals surface area contributed by atoms with Gasteiger partial charge in [0.25, 0.3) is 0 Å². The van der Waals surface area contributed by atoms with Crippen molar-refractivity contribution in [3.05, 3.63) is 84.3 Å². The number of anilines is 2. The van der Waals surface area contributed by atoms with Crippen LogP contribution >= 0.6 is 0 Å². The zero-order valence-corrected chi connectivity index (χ0v) is 16.5. The molecule has 2 heterocycles. The van der Waals surface area contributed by atoms with Crippen molar-refractivity contribution in [3.8, 4) is 0 Å². The SMILES string of the molecule is Nc1cccc(CS(=O)(=O)c2ncccc2NCCc2cc3ccccc3o2)c1. The fourth-order valence-electron chi connectivity index (χ4n) is 3.22. The largest absolute Gasteiger partial charge is 0.461 e. The third-order valence-corrected chi connectivity index (χ3v) is 6.16. The van der Waals surface area contributed by atoms with Crippen molar-refractivity contribution in [2.45, 2.75) is 17.2 Å². The number of rotatable bonds is 7. The molecule has 7 heteroatoms. The van der Waals surface area contributed by atoms with Gasteiger partial charge in [0.2, 0.25) is 9.84 Å². The first-order chi connectivity index (χ1) is 14.0. The zero-order valence-electron chi connectivity index (χ0n) is 15.7. The Bertz CT molecular complexity index is 1220. The molecule has 0 aliphatic heterocycles. The van der Waals surface area contributed by atoms with Gasteiger partial charge in [-0.1, -0.05) is 30.3 Å². The van der Waals surface area contributed by atoms with Crippen molar-refractivity contribution in [1.82, 2.24) is 4.98 Å². The molecule has 29 heavy (non-hydrogen) atoms. The molecule has 2 aromatic carbocycles. The quantitative estimate of drug-likeness (QED) is 0.449. The normalized spacial score (nSPS) is 11.6. The molecule has 148 valence electrons. The van der Waals surface area contributed by atoms with E-state index < -0.39 is 9.84 Å². The van der Waals surface area contributed by atoms with E-state index in [4.69, 9.17) is 10.2 Å². The van der Waals surface area contributed by atoms with Gasteiger partial charge < -0.3 is 15.5 Å². The Morgan fingerprint density at radius 1 is 1.00 bits per heavy atom. The van der Waals surface area contributed by atoms with Crippen molar-refractivity contribution in [1.29, 1.82) is 0 Å². The van der Waals surface area contributed by atoms with Gasteiger partial charge in [0.05, 0.1) is 11.4 Å². The molecule has 0 saturated heterocycles. The van der Waals surface area contributed by atoms with Crippen molar-refractivity contribution >= 4 is 32.2 Å². The molecular formula is C22H21N3O3S. The van der Waals surface area contributed by atoms with Crippen LogP contribution in [-0.2, 0) is 22.0 Å². The molecule has 0 saturated carbocycles. The van der Waals surface area contributed by atoms with Gasteiger partial charge in [-0.05, 0) is 42.0 Å². The fraction of sp³-hybridized carbons (Fsp3) is 0.136. The lowest BCUT2D eigenvalue weighted by atomic mass is 10.2. The van der Waals surface area contributed by atoms with Crippen LogP contribution in [-0.4, -0.2) is 19.9 Å². The number of sulfone groups is 1. The lowest BCUT2D eigenvalue weighted by molar-refractivity contribution is 0.553. The predicted molar refractivity (Wildman–Crippen MR) is 114 cm³/mol. The molecule has 6 nitrogen and oxygen atoms in total. The molecule has 4 rings (SSSR count). The highest BCUT2D eigenvalue weighted by molar-refractivity contribution is 7.90. The van der Waals surface area contributed by atoms with E-state index in [9.17, 15) is 8.42 Å². The molecule has 2 aromatic heterocycles. The number of nitrogens with zero attached hydrogens (tertiary/aromatic N) is 1. The van der Waals surface area contributed by atoms with Crippen LogP contribution in [0, 0.1) is 0 Å². The predicted octanol–water partition coefficient (Wildman–Crippen LogP) is 4.04. The van der Waals surface area contributed by atoms with E-state index in [1.807, 2.05) is 30.3 Å². The molecule has 0 radical (unpaired) electrons. The second-order valence-electron chi connectivity index (χ2n) is 6.79. The second-order valence-corrected chi connectivity index (χ2v) is 8.69. The standard InChI is InChI=1S/C22H21N3O3S/c23-18-7-3-5-16(13-18)15-29(26,27)22-20(8-4-11-25-22)24-12-10-19-14-17-6-1-2-9-21(17)28-19/h1-9,11,13-14,24H,10,12,15,23H2. The number of pyridine rings is 1. The number of nitrogens with two attached hydrogens (primary N) is 1. The van der Waals surface area contributed by atoms with Gasteiger partial charge in [-0.3, -0.25) is 0 Å². The highest BCUT2D eigenvalue weighted by Gasteiger charge is 2.21. The van der Waals surface area contributed by atoms with Crippen LogP contribution in [0.15, 0.2) is 82.4 Å². The van der Waals surface area contributed by atoms with E-state index in [-0.39, 0.29) is 10.8 Å². The van der Waals surface area contributed by atoms with Crippen molar-refractivity contribution in [2.75, 3.05) is 17.6 Å². The van der Waals surface area contributed by atoms with Crippen LogP contribution in [0.3, 0.4) is 0 Å². The minimum atomic E-state index is -3.63.